The van der Waals surface area contributed by atoms with E-state index in [1.165, 1.54) is 22.3 Å². The zero-order valence-electron chi connectivity index (χ0n) is 25.1. The molecule has 5 aromatic carbocycles. The Hall–Kier alpha value is -5.45. The van der Waals surface area contributed by atoms with Crippen LogP contribution in [0, 0.1) is 0 Å². The summed E-state index contributed by atoms with van der Waals surface area (Å²) in [6.07, 6.45) is 6.23. The molecule has 1 aliphatic heterocycles. The lowest BCUT2D eigenvalue weighted by molar-refractivity contribution is 0.242. The third kappa shape index (κ3) is 6.42. The molecule has 1 aliphatic rings. The van der Waals surface area contributed by atoms with E-state index in [9.17, 15) is 0 Å². The molecule has 1 unspecified atom stereocenters. The van der Waals surface area contributed by atoms with Crippen molar-refractivity contribution in [1.82, 2.24) is 15.4 Å². The van der Waals surface area contributed by atoms with Gasteiger partial charge in [-0.3, -0.25) is 5.01 Å². The van der Waals surface area contributed by atoms with Crippen LogP contribution in [0.1, 0.15) is 35.0 Å². The number of allylic oxidation sites excluding steroid dienone is 2. The molecule has 2 heterocycles. The average molecular weight is 586 g/mol. The van der Waals surface area contributed by atoms with Crippen LogP contribution in [0.4, 0.5) is 0 Å². The van der Waals surface area contributed by atoms with E-state index in [2.05, 4.69) is 138 Å². The van der Waals surface area contributed by atoms with Crippen LogP contribution in [0.2, 0.25) is 0 Å². The second kappa shape index (κ2) is 13.5. The van der Waals surface area contributed by atoms with Crippen molar-refractivity contribution in [3.05, 3.63) is 186 Å². The maximum absolute atomic E-state index is 6.42. The van der Waals surface area contributed by atoms with Gasteiger partial charge in [-0.25, -0.2) is 10.4 Å². The number of nitrogens with one attached hydrogen (secondary N) is 1. The third-order valence-electron chi connectivity index (χ3n) is 8.09. The number of aryl methyl sites for hydroxylation is 1. The van der Waals surface area contributed by atoms with Crippen LogP contribution in [0.25, 0.3) is 33.9 Å². The van der Waals surface area contributed by atoms with Crippen molar-refractivity contribution in [1.29, 1.82) is 0 Å². The third-order valence-corrected chi connectivity index (χ3v) is 8.09. The summed E-state index contributed by atoms with van der Waals surface area (Å²) in [6, 6.07) is 52.5. The van der Waals surface area contributed by atoms with E-state index in [0.717, 1.165) is 53.6 Å². The summed E-state index contributed by atoms with van der Waals surface area (Å²) < 4.78 is 6.42. The first-order chi connectivity index (χ1) is 22.3. The van der Waals surface area contributed by atoms with Gasteiger partial charge in [-0.2, -0.15) is 0 Å². The number of hydrogen-bond acceptors (Lipinski definition) is 4. The number of rotatable bonds is 10. The van der Waals surface area contributed by atoms with Gasteiger partial charge in [-0.05, 0) is 40.8 Å². The SMILES string of the molecule is C1=C(c2ccccc2)C=C(c2ccccc2)N(NCCCc2nc(-c3ccccc3)c(-c3ccccc3)o2)C1c1ccccc1. The summed E-state index contributed by atoms with van der Waals surface area (Å²) in [5, 5.41) is 2.32. The van der Waals surface area contributed by atoms with Gasteiger partial charge in [0.05, 0.1) is 11.7 Å². The van der Waals surface area contributed by atoms with Crippen molar-refractivity contribution in [3.8, 4) is 22.6 Å². The Morgan fingerprint density at radius 2 is 1.13 bits per heavy atom. The predicted molar refractivity (Wildman–Crippen MR) is 184 cm³/mol. The van der Waals surface area contributed by atoms with Gasteiger partial charge in [0.2, 0.25) is 0 Å². The zero-order valence-corrected chi connectivity index (χ0v) is 25.1. The predicted octanol–water partition coefficient (Wildman–Crippen LogP) is 9.63. The molecule has 0 fully saturated rings. The standard InChI is InChI=1S/C41H35N3O/c1-6-17-31(18-7-1)36-29-37(32-19-8-2-9-20-32)44(38(30-36)33-21-10-3-11-22-33)42-28-16-27-39-43-40(34-23-12-4-13-24-34)41(45-39)35-25-14-5-15-26-35/h1-15,17-26,29-30,37,42H,16,27-28H2. The minimum absolute atomic E-state index is 0.0118. The van der Waals surface area contributed by atoms with E-state index in [0.29, 0.717) is 0 Å². The fourth-order valence-electron chi connectivity index (χ4n) is 5.87. The molecule has 0 radical (unpaired) electrons. The first-order valence-corrected chi connectivity index (χ1v) is 15.6. The molecule has 0 spiro atoms. The van der Waals surface area contributed by atoms with E-state index in [4.69, 9.17) is 9.40 Å². The lowest BCUT2D eigenvalue weighted by Gasteiger charge is -2.38. The first kappa shape index (κ1) is 28.3. The van der Waals surface area contributed by atoms with Crippen LogP contribution >= 0.6 is 0 Å². The molecule has 0 bridgehead atoms. The number of hydrazine groups is 1. The van der Waals surface area contributed by atoms with Gasteiger partial charge in [0, 0.05) is 24.1 Å². The van der Waals surface area contributed by atoms with Crippen molar-refractivity contribution in [2.75, 3.05) is 6.54 Å². The number of hydrogen-bond donors (Lipinski definition) is 1. The van der Waals surface area contributed by atoms with Crippen molar-refractivity contribution in [2.24, 2.45) is 0 Å². The van der Waals surface area contributed by atoms with Gasteiger partial charge in [0.1, 0.15) is 5.69 Å². The fraction of sp³-hybridized carbons (Fsp3) is 0.0976. The highest BCUT2D eigenvalue weighted by Gasteiger charge is 2.27. The largest absolute Gasteiger partial charge is 0.440 e. The van der Waals surface area contributed by atoms with E-state index >= 15 is 0 Å². The smallest absolute Gasteiger partial charge is 0.195 e. The Morgan fingerprint density at radius 3 is 1.76 bits per heavy atom. The van der Waals surface area contributed by atoms with Gasteiger partial charge in [0.25, 0.3) is 0 Å². The second-order valence-electron chi connectivity index (χ2n) is 11.1. The Morgan fingerprint density at radius 1 is 0.600 bits per heavy atom. The lowest BCUT2D eigenvalue weighted by atomic mass is 9.93. The number of aromatic nitrogens is 1. The van der Waals surface area contributed by atoms with Gasteiger partial charge in [0.15, 0.2) is 11.7 Å². The van der Waals surface area contributed by atoms with E-state index in [-0.39, 0.29) is 6.04 Å². The van der Waals surface area contributed by atoms with Crippen LogP contribution in [0.3, 0.4) is 0 Å². The van der Waals surface area contributed by atoms with Crippen LogP contribution < -0.4 is 5.43 Å². The molecule has 0 saturated carbocycles. The summed E-state index contributed by atoms with van der Waals surface area (Å²) >= 11 is 0. The van der Waals surface area contributed by atoms with E-state index in [1.54, 1.807) is 0 Å². The molecule has 1 N–H and O–H groups in total. The quantitative estimate of drug-likeness (QED) is 0.163. The fourth-order valence-corrected chi connectivity index (χ4v) is 5.87. The molecule has 220 valence electrons. The molecule has 6 aromatic rings. The monoisotopic (exact) mass is 585 g/mol. The zero-order chi connectivity index (χ0) is 30.3. The average Bonchev–Trinajstić information content (AvgIpc) is 3.56. The maximum Gasteiger partial charge on any atom is 0.195 e. The van der Waals surface area contributed by atoms with Gasteiger partial charge < -0.3 is 4.42 Å². The Labute approximate surface area is 265 Å². The number of nitrogens with zero attached hydrogens (tertiary/aromatic N) is 2. The van der Waals surface area contributed by atoms with Crippen LogP contribution in [0.5, 0.6) is 0 Å². The summed E-state index contributed by atoms with van der Waals surface area (Å²) in [4.78, 5) is 4.98. The highest BCUT2D eigenvalue weighted by Crippen LogP contribution is 2.38. The maximum atomic E-state index is 6.42. The minimum Gasteiger partial charge on any atom is -0.440 e. The number of oxazole rings is 1. The molecular formula is C41H35N3O. The molecule has 4 nitrogen and oxygen atoms in total. The second-order valence-corrected chi connectivity index (χ2v) is 11.1. The van der Waals surface area contributed by atoms with Gasteiger partial charge in [-0.1, -0.05) is 152 Å². The van der Waals surface area contributed by atoms with Crippen LogP contribution in [-0.2, 0) is 6.42 Å². The summed E-state index contributed by atoms with van der Waals surface area (Å²) in [5.41, 5.74) is 12.7. The van der Waals surface area contributed by atoms with Gasteiger partial charge in [-0.15, -0.1) is 0 Å². The minimum atomic E-state index is 0.0118. The topological polar surface area (TPSA) is 41.3 Å². The lowest BCUT2D eigenvalue weighted by Crippen LogP contribution is -2.41. The van der Waals surface area contributed by atoms with Crippen molar-refractivity contribution in [2.45, 2.75) is 18.9 Å². The Kier molecular flexibility index (Phi) is 8.47. The summed E-state index contributed by atoms with van der Waals surface area (Å²) in [5.74, 6) is 1.57. The van der Waals surface area contributed by atoms with E-state index < -0.39 is 0 Å². The molecule has 45 heavy (non-hydrogen) atoms. The van der Waals surface area contributed by atoms with Crippen LogP contribution in [0.15, 0.2) is 168 Å². The van der Waals surface area contributed by atoms with Crippen molar-refractivity contribution in [3.63, 3.8) is 0 Å². The van der Waals surface area contributed by atoms with E-state index in [1.807, 2.05) is 36.4 Å². The van der Waals surface area contributed by atoms with Crippen molar-refractivity contribution >= 4 is 11.3 Å². The van der Waals surface area contributed by atoms with Crippen molar-refractivity contribution < 1.29 is 4.42 Å². The molecule has 0 saturated heterocycles. The number of benzene rings is 5. The normalized spacial score (nSPS) is 14.6. The summed E-state index contributed by atoms with van der Waals surface area (Å²) in [7, 11) is 0. The molecule has 0 amide bonds. The first-order valence-electron chi connectivity index (χ1n) is 15.6. The highest BCUT2D eigenvalue weighted by atomic mass is 16.4. The summed E-state index contributed by atoms with van der Waals surface area (Å²) in [6.45, 7) is 0.756. The van der Waals surface area contributed by atoms with Crippen LogP contribution in [-0.4, -0.2) is 16.5 Å². The molecule has 4 heteroatoms. The van der Waals surface area contributed by atoms with Gasteiger partial charge >= 0.3 is 0 Å². The molecule has 7 rings (SSSR count). The molecular weight excluding hydrogens is 550 g/mol. The molecule has 0 aliphatic carbocycles. The highest BCUT2D eigenvalue weighted by molar-refractivity contribution is 5.86. The molecule has 1 aromatic heterocycles. The molecule has 1 atom stereocenters. The Bertz CT molecular complexity index is 1820. The Balaban J connectivity index is 1.15.